The van der Waals surface area contributed by atoms with Crippen molar-refractivity contribution in [1.82, 2.24) is 9.55 Å². The van der Waals surface area contributed by atoms with E-state index in [2.05, 4.69) is 60.8 Å². The summed E-state index contributed by atoms with van der Waals surface area (Å²) in [6.45, 7) is 6.47. The Bertz CT molecular complexity index is 716. The number of aromatic nitrogens is 2. The maximum Gasteiger partial charge on any atom is 0.0869 e. The molecular formula is C18H18N2. The zero-order valence-electron chi connectivity index (χ0n) is 12.1. The molecule has 2 nitrogen and oxygen atoms in total. The number of aryl methyl sites for hydroxylation is 3. The lowest BCUT2D eigenvalue weighted by atomic mass is 10.0. The van der Waals surface area contributed by atoms with Gasteiger partial charge in [0.05, 0.1) is 17.1 Å². The minimum Gasteiger partial charge on any atom is -0.315 e. The van der Waals surface area contributed by atoms with Crippen LogP contribution in [-0.4, -0.2) is 9.55 Å². The van der Waals surface area contributed by atoms with Crippen LogP contribution >= 0.6 is 0 Å². The largest absolute Gasteiger partial charge is 0.315 e. The summed E-state index contributed by atoms with van der Waals surface area (Å²) in [7, 11) is 0. The monoisotopic (exact) mass is 262 g/mol. The number of nitrogens with zero attached hydrogens (tertiary/aromatic N) is 2. The van der Waals surface area contributed by atoms with Gasteiger partial charge in [0.25, 0.3) is 0 Å². The Balaban J connectivity index is 2.21. The van der Waals surface area contributed by atoms with Crippen LogP contribution in [0, 0.1) is 20.8 Å². The van der Waals surface area contributed by atoms with Crippen molar-refractivity contribution < 1.29 is 0 Å². The molecule has 3 aromatic rings. The Morgan fingerprint density at radius 2 is 1.65 bits per heavy atom. The zero-order chi connectivity index (χ0) is 14.1. The summed E-state index contributed by atoms with van der Waals surface area (Å²) < 4.78 is 2.23. The van der Waals surface area contributed by atoms with E-state index in [0.29, 0.717) is 0 Å². The van der Waals surface area contributed by atoms with E-state index in [9.17, 15) is 0 Å². The molecule has 0 saturated heterocycles. The summed E-state index contributed by atoms with van der Waals surface area (Å²) in [6.07, 6.45) is 3.94. The molecule has 0 aliphatic rings. The molecule has 0 radical (unpaired) electrons. The number of pyridine rings is 1. The molecule has 0 aliphatic heterocycles. The van der Waals surface area contributed by atoms with Gasteiger partial charge in [0.1, 0.15) is 0 Å². The van der Waals surface area contributed by atoms with Gasteiger partial charge in [-0.05, 0) is 56.2 Å². The van der Waals surface area contributed by atoms with Crippen LogP contribution in [0.1, 0.15) is 16.7 Å². The van der Waals surface area contributed by atoms with E-state index in [-0.39, 0.29) is 0 Å². The van der Waals surface area contributed by atoms with E-state index < -0.39 is 0 Å². The summed E-state index contributed by atoms with van der Waals surface area (Å²) in [4.78, 5) is 4.46. The second-order valence-electron chi connectivity index (χ2n) is 5.23. The Kier molecular flexibility index (Phi) is 3.15. The lowest BCUT2D eigenvalue weighted by Crippen LogP contribution is -2.02. The van der Waals surface area contributed by atoms with Crippen LogP contribution in [0.25, 0.3) is 17.1 Å². The lowest BCUT2D eigenvalue weighted by Gasteiger charge is -2.15. The molecule has 1 aromatic carbocycles. The molecule has 0 unspecified atom stereocenters. The average molecular weight is 262 g/mol. The van der Waals surface area contributed by atoms with Crippen LogP contribution in [0.2, 0.25) is 0 Å². The molecule has 0 N–H and O–H groups in total. The highest BCUT2D eigenvalue weighted by atomic mass is 15.0. The van der Waals surface area contributed by atoms with Crippen molar-refractivity contribution in [2.24, 2.45) is 0 Å². The predicted octanol–water partition coefficient (Wildman–Crippen LogP) is 4.46. The van der Waals surface area contributed by atoms with E-state index in [1.54, 1.807) is 0 Å². The summed E-state index contributed by atoms with van der Waals surface area (Å²) in [6, 6.07) is 14.7. The van der Waals surface area contributed by atoms with Gasteiger partial charge in [-0.2, -0.15) is 0 Å². The van der Waals surface area contributed by atoms with Crippen LogP contribution in [0.5, 0.6) is 0 Å². The molecule has 0 bridgehead atoms. The summed E-state index contributed by atoms with van der Waals surface area (Å²) in [5, 5.41) is 0. The molecular weight excluding hydrogens is 244 g/mol. The van der Waals surface area contributed by atoms with Gasteiger partial charge in [-0.25, -0.2) is 0 Å². The van der Waals surface area contributed by atoms with Gasteiger partial charge in [-0.15, -0.1) is 0 Å². The van der Waals surface area contributed by atoms with Gasteiger partial charge >= 0.3 is 0 Å². The molecule has 0 amide bonds. The van der Waals surface area contributed by atoms with Crippen molar-refractivity contribution in [3.8, 4) is 17.1 Å². The van der Waals surface area contributed by atoms with E-state index >= 15 is 0 Å². The second kappa shape index (κ2) is 4.97. The van der Waals surface area contributed by atoms with Crippen molar-refractivity contribution in [3.63, 3.8) is 0 Å². The molecule has 0 atom stereocenters. The van der Waals surface area contributed by atoms with Gasteiger partial charge in [-0.3, -0.25) is 4.98 Å². The van der Waals surface area contributed by atoms with Crippen molar-refractivity contribution in [2.45, 2.75) is 20.8 Å². The lowest BCUT2D eigenvalue weighted by molar-refractivity contribution is 1.03. The highest BCUT2D eigenvalue weighted by Gasteiger charge is 2.11. The molecule has 0 fully saturated rings. The van der Waals surface area contributed by atoms with Gasteiger partial charge in [0, 0.05) is 12.4 Å². The van der Waals surface area contributed by atoms with Crippen molar-refractivity contribution in [3.05, 3.63) is 71.5 Å². The fourth-order valence-electron chi connectivity index (χ4n) is 2.85. The fraction of sp³-hybridized carbons (Fsp3) is 0.167. The third-order valence-corrected chi connectivity index (χ3v) is 3.55. The minimum absolute atomic E-state index is 0.997. The quantitative estimate of drug-likeness (QED) is 0.666. The number of hydrogen-bond acceptors (Lipinski definition) is 1. The van der Waals surface area contributed by atoms with Crippen molar-refractivity contribution in [2.75, 3.05) is 0 Å². The van der Waals surface area contributed by atoms with Gasteiger partial charge in [0.15, 0.2) is 0 Å². The Labute approximate surface area is 119 Å². The Morgan fingerprint density at radius 3 is 2.30 bits per heavy atom. The number of benzene rings is 1. The van der Waals surface area contributed by atoms with E-state index in [1.807, 2.05) is 24.4 Å². The molecule has 0 aliphatic carbocycles. The topological polar surface area (TPSA) is 17.8 Å². The summed E-state index contributed by atoms with van der Waals surface area (Å²) in [5.41, 5.74) is 7.25. The molecule has 2 aromatic heterocycles. The highest BCUT2D eigenvalue weighted by molar-refractivity contribution is 5.62. The van der Waals surface area contributed by atoms with Gasteiger partial charge < -0.3 is 4.57 Å². The van der Waals surface area contributed by atoms with E-state index in [1.165, 1.54) is 22.4 Å². The summed E-state index contributed by atoms with van der Waals surface area (Å²) >= 11 is 0. The van der Waals surface area contributed by atoms with Crippen LogP contribution in [0.15, 0.2) is 54.9 Å². The summed E-state index contributed by atoms with van der Waals surface area (Å²) in [5.74, 6) is 0. The molecule has 20 heavy (non-hydrogen) atoms. The molecule has 2 heteroatoms. The third kappa shape index (κ3) is 2.14. The van der Waals surface area contributed by atoms with Crippen LogP contribution in [-0.2, 0) is 0 Å². The smallest absolute Gasteiger partial charge is 0.0869 e. The molecule has 0 spiro atoms. The maximum absolute atomic E-state index is 4.46. The normalized spacial score (nSPS) is 10.8. The first-order valence-electron chi connectivity index (χ1n) is 6.84. The van der Waals surface area contributed by atoms with Crippen LogP contribution < -0.4 is 0 Å². The zero-order valence-corrected chi connectivity index (χ0v) is 12.1. The van der Waals surface area contributed by atoms with Crippen molar-refractivity contribution >= 4 is 0 Å². The standard InChI is InChI=1S/C18H18N2/c1-13-11-14(2)18(15(3)12-13)20-10-6-8-17(20)16-7-4-5-9-19-16/h4-12H,1-3H3. The Morgan fingerprint density at radius 1 is 0.900 bits per heavy atom. The first kappa shape index (κ1) is 12.7. The first-order chi connectivity index (χ1) is 9.66. The van der Waals surface area contributed by atoms with Crippen LogP contribution in [0.3, 0.4) is 0 Å². The minimum atomic E-state index is 0.997. The fourth-order valence-corrected chi connectivity index (χ4v) is 2.85. The first-order valence-corrected chi connectivity index (χ1v) is 6.84. The van der Waals surface area contributed by atoms with E-state index in [0.717, 1.165) is 11.4 Å². The van der Waals surface area contributed by atoms with Gasteiger partial charge in [-0.1, -0.05) is 23.8 Å². The Hall–Kier alpha value is -2.35. The average Bonchev–Trinajstić information content (AvgIpc) is 2.87. The third-order valence-electron chi connectivity index (χ3n) is 3.55. The number of rotatable bonds is 2. The second-order valence-corrected chi connectivity index (χ2v) is 5.23. The molecule has 0 saturated carbocycles. The molecule has 100 valence electrons. The predicted molar refractivity (Wildman–Crippen MR) is 83.2 cm³/mol. The SMILES string of the molecule is Cc1cc(C)c(-n2cccc2-c2ccccn2)c(C)c1. The highest BCUT2D eigenvalue weighted by Crippen LogP contribution is 2.27. The van der Waals surface area contributed by atoms with E-state index in [4.69, 9.17) is 0 Å². The molecule has 2 heterocycles. The molecule has 3 rings (SSSR count). The van der Waals surface area contributed by atoms with Gasteiger partial charge in [0.2, 0.25) is 0 Å². The van der Waals surface area contributed by atoms with Crippen molar-refractivity contribution in [1.29, 1.82) is 0 Å². The van der Waals surface area contributed by atoms with Crippen LogP contribution in [0.4, 0.5) is 0 Å². The number of hydrogen-bond donors (Lipinski definition) is 0. The maximum atomic E-state index is 4.46.